The van der Waals surface area contributed by atoms with E-state index >= 15 is 0 Å². The Morgan fingerprint density at radius 3 is 2.64 bits per heavy atom. The molecule has 0 heterocycles. The topological polar surface area (TPSA) is 64.4 Å². The Balaban J connectivity index is 2.76. The summed E-state index contributed by atoms with van der Waals surface area (Å²) in [6.07, 6.45) is 8.03. The molecule has 0 aromatic carbocycles. The molecule has 11 heavy (non-hydrogen) atoms. The maximum absolute atomic E-state index is 5.98. The van der Waals surface area contributed by atoms with Gasteiger partial charge in [0.25, 0.3) is 0 Å². The molecule has 1 atom stereocenters. The Morgan fingerprint density at radius 2 is 2.18 bits per heavy atom. The fourth-order valence-corrected chi connectivity index (χ4v) is 1.14. The van der Waals surface area contributed by atoms with E-state index in [-0.39, 0.29) is 5.96 Å². The van der Waals surface area contributed by atoms with Crippen molar-refractivity contribution in [1.82, 2.24) is 0 Å². The smallest absolute Gasteiger partial charge is 0.188 e. The lowest BCUT2D eigenvalue weighted by atomic mass is 10.1. The van der Waals surface area contributed by atoms with Gasteiger partial charge in [0.1, 0.15) is 0 Å². The molecule has 0 amide bonds. The fourth-order valence-electron chi connectivity index (χ4n) is 0.880. The van der Waals surface area contributed by atoms with E-state index in [1.807, 2.05) is 18.2 Å². The summed E-state index contributed by atoms with van der Waals surface area (Å²) in [4.78, 5) is 3.11. The van der Waals surface area contributed by atoms with Crippen LogP contribution in [0.3, 0.4) is 0 Å². The van der Waals surface area contributed by atoms with Gasteiger partial charge in [0.05, 0.1) is 0 Å². The molecular weight excluding hydrogens is 162 g/mol. The molecule has 0 fully saturated rings. The van der Waals surface area contributed by atoms with Crippen molar-refractivity contribution >= 4 is 17.6 Å². The van der Waals surface area contributed by atoms with Crippen molar-refractivity contribution in [2.75, 3.05) is 0 Å². The van der Waals surface area contributed by atoms with Gasteiger partial charge in [-0.25, -0.2) is 4.99 Å². The highest BCUT2D eigenvalue weighted by atomic mass is 35.5. The summed E-state index contributed by atoms with van der Waals surface area (Å²) < 4.78 is 0. The van der Waals surface area contributed by atoms with E-state index in [1.165, 1.54) is 0 Å². The third kappa shape index (κ3) is 2.27. The molecule has 0 aliphatic heterocycles. The molecule has 60 valence electrons. The van der Waals surface area contributed by atoms with E-state index in [9.17, 15) is 0 Å². The van der Waals surface area contributed by atoms with Crippen LogP contribution in [0, 0.1) is 0 Å². The van der Waals surface area contributed by atoms with E-state index in [2.05, 4.69) is 4.99 Å². The Morgan fingerprint density at radius 1 is 1.45 bits per heavy atom. The van der Waals surface area contributed by atoms with Crippen LogP contribution in [0.1, 0.15) is 6.42 Å². The molecule has 4 N–H and O–H groups in total. The molecule has 1 rings (SSSR count). The fraction of sp³-hybridized carbons (Fsp3) is 0.286. The highest BCUT2D eigenvalue weighted by Gasteiger charge is 2.22. The van der Waals surface area contributed by atoms with E-state index in [0.717, 1.165) is 0 Å². The van der Waals surface area contributed by atoms with Crippen LogP contribution >= 0.6 is 11.6 Å². The van der Waals surface area contributed by atoms with Crippen molar-refractivity contribution in [2.45, 2.75) is 11.4 Å². The summed E-state index contributed by atoms with van der Waals surface area (Å²) in [5.74, 6) is 0.0138. The van der Waals surface area contributed by atoms with Crippen LogP contribution in [0.4, 0.5) is 0 Å². The molecule has 0 saturated carbocycles. The largest absolute Gasteiger partial charge is 0.370 e. The summed E-state index contributed by atoms with van der Waals surface area (Å²) in [6, 6.07) is 0. The quantitative estimate of drug-likeness (QED) is 0.264. The highest BCUT2D eigenvalue weighted by Crippen LogP contribution is 2.26. The molecule has 0 bridgehead atoms. The molecule has 1 aliphatic carbocycles. The molecule has 0 radical (unpaired) electrons. The predicted molar refractivity (Wildman–Crippen MR) is 47.3 cm³/mol. The zero-order chi connectivity index (χ0) is 8.32. The summed E-state index contributed by atoms with van der Waals surface area (Å²) in [5.41, 5.74) is 10.4. The van der Waals surface area contributed by atoms with Crippen LogP contribution in [-0.2, 0) is 0 Å². The number of hydrogen-bond acceptors (Lipinski definition) is 1. The number of nitrogens with zero attached hydrogens (tertiary/aromatic N) is 1. The molecule has 4 heteroatoms. The van der Waals surface area contributed by atoms with Gasteiger partial charge in [-0.05, 0) is 6.08 Å². The van der Waals surface area contributed by atoms with Gasteiger partial charge in [-0.1, -0.05) is 29.8 Å². The van der Waals surface area contributed by atoms with E-state index in [1.54, 1.807) is 6.08 Å². The number of alkyl halides is 1. The first-order valence-electron chi connectivity index (χ1n) is 3.26. The predicted octanol–water partition coefficient (Wildman–Crippen LogP) is 0.711. The Bertz CT molecular complexity index is 228. The van der Waals surface area contributed by atoms with Crippen LogP contribution in [-0.4, -0.2) is 11.0 Å². The van der Waals surface area contributed by atoms with Crippen molar-refractivity contribution in [3.8, 4) is 0 Å². The van der Waals surface area contributed by atoms with Crippen molar-refractivity contribution in [2.24, 2.45) is 16.5 Å². The van der Waals surface area contributed by atoms with E-state index in [0.29, 0.717) is 6.42 Å². The van der Waals surface area contributed by atoms with Crippen LogP contribution in [0.5, 0.6) is 0 Å². The zero-order valence-corrected chi connectivity index (χ0v) is 6.75. The molecule has 0 aromatic heterocycles. The molecule has 3 nitrogen and oxygen atoms in total. The summed E-state index contributed by atoms with van der Waals surface area (Å²) >= 11 is 5.98. The SMILES string of the molecule is NC(N)=NC1(Cl)C=CC=CC1. The standard InChI is InChI=1S/C7H10ClN3/c8-7(11-6(9)10)4-2-1-3-5-7/h1-4H,5H2,(H4,9,10,11). The number of halogens is 1. The second kappa shape index (κ2) is 2.96. The third-order valence-corrected chi connectivity index (χ3v) is 1.68. The average molecular weight is 172 g/mol. The zero-order valence-electron chi connectivity index (χ0n) is 6.00. The van der Waals surface area contributed by atoms with Crippen molar-refractivity contribution in [3.63, 3.8) is 0 Å². The first-order valence-corrected chi connectivity index (χ1v) is 3.64. The second-order valence-corrected chi connectivity index (χ2v) is 3.00. The Kier molecular flexibility index (Phi) is 2.19. The van der Waals surface area contributed by atoms with Crippen LogP contribution in [0.2, 0.25) is 0 Å². The van der Waals surface area contributed by atoms with Gasteiger partial charge in [0, 0.05) is 6.42 Å². The summed E-state index contributed by atoms with van der Waals surface area (Å²) in [5, 5.41) is 0. The second-order valence-electron chi connectivity index (χ2n) is 2.35. The Labute approximate surface area is 70.4 Å². The first kappa shape index (κ1) is 8.14. The van der Waals surface area contributed by atoms with Gasteiger partial charge in [0.15, 0.2) is 11.0 Å². The lowest BCUT2D eigenvalue weighted by molar-refractivity contribution is 0.742. The third-order valence-electron chi connectivity index (χ3n) is 1.32. The minimum absolute atomic E-state index is 0.0138. The van der Waals surface area contributed by atoms with Gasteiger partial charge in [-0.3, -0.25) is 0 Å². The summed E-state index contributed by atoms with van der Waals surface area (Å²) in [6.45, 7) is 0. The first-order chi connectivity index (χ1) is 5.12. The lowest BCUT2D eigenvalue weighted by Gasteiger charge is -2.18. The van der Waals surface area contributed by atoms with Crippen LogP contribution in [0.25, 0.3) is 0 Å². The molecule has 0 aromatic rings. The number of guanidine groups is 1. The monoisotopic (exact) mass is 171 g/mol. The maximum atomic E-state index is 5.98. The summed E-state index contributed by atoms with van der Waals surface area (Å²) in [7, 11) is 0. The van der Waals surface area contributed by atoms with Crippen molar-refractivity contribution in [3.05, 3.63) is 24.3 Å². The molecule has 1 aliphatic rings. The number of hydrogen-bond donors (Lipinski definition) is 2. The van der Waals surface area contributed by atoms with Crippen LogP contribution < -0.4 is 11.5 Å². The molecule has 0 spiro atoms. The van der Waals surface area contributed by atoms with Gasteiger partial charge >= 0.3 is 0 Å². The van der Waals surface area contributed by atoms with Gasteiger partial charge < -0.3 is 11.5 Å². The maximum Gasteiger partial charge on any atom is 0.188 e. The molecule has 1 unspecified atom stereocenters. The number of aliphatic imine (C=N–C) groups is 1. The van der Waals surface area contributed by atoms with Gasteiger partial charge in [-0.2, -0.15) is 0 Å². The molecule has 0 saturated heterocycles. The van der Waals surface area contributed by atoms with Gasteiger partial charge in [-0.15, -0.1) is 0 Å². The molecular formula is C7H10ClN3. The minimum Gasteiger partial charge on any atom is -0.370 e. The average Bonchev–Trinajstić information content (AvgIpc) is 1.85. The normalized spacial score (nSPS) is 28.5. The van der Waals surface area contributed by atoms with Crippen molar-refractivity contribution in [1.29, 1.82) is 0 Å². The number of rotatable bonds is 1. The number of nitrogens with two attached hydrogens (primary N) is 2. The highest BCUT2D eigenvalue weighted by molar-refractivity contribution is 6.25. The van der Waals surface area contributed by atoms with E-state index < -0.39 is 5.00 Å². The lowest BCUT2D eigenvalue weighted by Crippen LogP contribution is -2.29. The minimum atomic E-state index is -0.756. The van der Waals surface area contributed by atoms with Crippen molar-refractivity contribution < 1.29 is 0 Å². The number of allylic oxidation sites excluding steroid dienone is 2. The van der Waals surface area contributed by atoms with E-state index in [4.69, 9.17) is 23.1 Å². The van der Waals surface area contributed by atoms with Crippen LogP contribution in [0.15, 0.2) is 29.3 Å². The van der Waals surface area contributed by atoms with Gasteiger partial charge in [0.2, 0.25) is 0 Å². The Hall–Kier alpha value is -0.960.